The molecule has 0 saturated heterocycles. The zero-order valence-corrected chi connectivity index (χ0v) is 15.4. The lowest BCUT2D eigenvalue weighted by molar-refractivity contribution is -0.129. The van der Waals surface area contributed by atoms with Crippen molar-refractivity contribution >= 4 is 18.3 Å². The molecule has 1 aromatic heterocycles. The van der Waals surface area contributed by atoms with Crippen LogP contribution in [0.5, 0.6) is 0 Å². The number of halogens is 1. The SMILES string of the molecule is CC(C)C(N)CCN(C)C(=O)Cc1ccc(-n2cccn2)cc1.Cl. The van der Waals surface area contributed by atoms with E-state index in [-0.39, 0.29) is 24.4 Å². The van der Waals surface area contributed by atoms with E-state index in [4.69, 9.17) is 5.73 Å². The number of rotatable bonds is 7. The summed E-state index contributed by atoms with van der Waals surface area (Å²) >= 11 is 0. The second-order valence-corrected chi connectivity index (χ2v) is 6.31. The summed E-state index contributed by atoms with van der Waals surface area (Å²) in [4.78, 5) is 14.0. The Kier molecular flexibility index (Phi) is 7.95. The molecule has 1 atom stereocenters. The molecular formula is C18H27ClN4O. The van der Waals surface area contributed by atoms with E-state index in [9.17, 15) is 4.79 Å². The minimum atomic E-state index is 0. The van der Waals surface area contributed by atoms with Gasteiger partial charge in [-0.25, -0.2) is 4.68 Å². The number of nitrogens with two attached hydrogens (primary N) is 1. The first kappa shape index (κ1) is 20.2. The number of carbonyl (C=O) groups is 1. The first-order valence-corrected chi connectivity index (χ1v) is 8.06. The molecule has 2 aromatic rings. The molecule has 5 nitrogen and oxygen atoms in total. The van der Waals surface area contributed by atoms with E-state index in [1.165, 1.54) is 0 Å². The summed E-state index contributed by atoms with van der Waals surface area (Å²) in [6, 6.07) is 9.92. The molecule has 0 aliphatic carbocycles. The van der Waals surface area contributed by atoms with Crippen LogP contribution in [0.15, 0.2) is 42.7 Å². The van der Waals surface area contributed by atoms with Gasteiger partial charge in [0.2, 0.25) is 5.91 Å². The highest BCUT2D eigenvalue weighted by Crippen LogP contribution is 2.10. The zero-order chi connectivity index (χ0) is 16.8. The highest BCUT2D eigenvalue weighted by molar-refractivity contribution is 5.85. The topological polar surface area (TPSA) is 64.2 Å². The van der Waals surface area contributed by atoms with Crippen LogP contribution in [0.3, 0.4) is 0 Å². The average Bonchev–Trinajstić information content (AvgIpc) is 3.07. The van der Waals surface area contributed by atoms with Crippen LogP contribution < -0.4 is 5.73 Å². The quantitative estimate of drug-likeness (QED) is 0.835. The van der Waals surface area contributed by atoms with Crippen molar-refractivity contribution in [1.82, 2.24) is 14.7 Å². The van der Waals surface area contributed by atoms with Crippen molar-refractivity contribution < 1.29 is 4.79 Å². The molecule has 24 heavy (non-hydrogen) atoms. The highest BCUT2D eigenvalue weighted by Gasteiger charge is 2.13. The Morgan fingerprint density at radius 1 is 1.29 bits per heavy atom. The van der Waals surface area contributed by atoms with Gasteiger partial charge < -0.3 is 10.6 Å². The first-order valence-electron chi connectivity index (χ1n) is 8.06. The third-order valence-corrected chi connectivity index (χ3v) is 4.14. The molecule has 0 radical (unpaired) electrons. The van der Waals surface area contributed by atoms with Gasteiger partial charge in [0.15, 0.2) is 0 Å². The van der Waals surface area contributed by atoms with Crippen LogP contribution in [0, 0.1) is 5.92 Å². The maximum atomic E-state index is 12.3. The Morgan fingerprint density at radius 3 is 2.50 bits per heavy atom. The molecule has 2 rings (SSSR count). The van der Waals surface area contributed by atoms with Gasteiger partial charge in [-0.2, -0.15) is 5.10 Å². The van der Waals surface area contributed by atoms with Gasteiger partial charge in [-0.05, 0) is 36.1 Å². The largest absolute Gasteiger partial charge is 0.345 e. The monoisotopic (exact) mass is 350 g/mol. The Morgan fingerprint density at radius 2 is 1.96 bits per heavy atom. The lowest BCUT2D eigenvalue weighted by Crippen LogP contribution is -2.35. The van der Waals surface area contributed by atoms with Gasteiger partial charge in [-0.15, -0.1) is 12.4 Å². The summed E-state index contributed by atoms with van der Waals surface area (Å²) in [5, 5.41) is 4.19. The Balaban J connectivity index is 0.00000288. The number of hydrogen-bond donors (Lipinski definition) is 1. The van der Waals surface area contributed by atoms with Crippen LogP contribution in [-0.2, 0) is 11.2 Å². The standard InChI is InChI=1S/C18H26N4O.ClH/c1-14(2)17(19)9-12-21(3)18(23)13-15-5-7-16(8-6-15)22-11-4-10-20-22;/h4-8,10-11,14,17H,9,12-13,19H2,1-3H3;1H. The van der Waals surface area contributed by atoms with E-state index >= 15 is 0 Å². The molecule has 0 spiro atoms. The fraction of sp³-hybridized carbons (Fsp3) is 0.444. The van der Waals surface area contributed by atoms with Gasteiger partial charge >= 0.3 is 0 Å². The fourth-order valence-electron chi connectivity index (χ4n) is 2.30. The summed E-state index contributed by atoms with van der Waals surface area (Å²) in [6.45, 7) is 4.91. The zero-order valence-electron chi connectivity index (χ0n) is 14.6. The van der Waals surface area contributed by atoms with E-state index < -0.39 is 0 Å². The van der Waals surface area contributed by atoms with E-state index in [1.807, 2.05) is 43.6 Å². The van der Waals surface area contributed by atoms with Crippen LogP contribution in [0.4, 0.5) is 0 Å². The van der Waals surface area contributed by atoms with Crippen molar-refractivity contribution in [3.8, 4) is 5.69 Å². The summed E-state index contributed by atoms with van der Waals surface area (Å²) in [7, 11) is 1.84. The third kappa shape index (κ3) is 5.65. The Bertz CT molecular complexity index is 610. The number of nitrogens with zero attached hydrogens (tertiary/aromatic N) is 3. The lowest BCUT2D eigenvalue weighted by atomic mass is 10.0. The molecule has 0 saturated carbocycles. The Labute approximate surface area is 150 Å². The van der Waals surface area contributed by atoms with Gasteiger partial charge in [0, 0.05) is 32.0 Å². The van der Waals surface area contributed by atoms with E-state index in [1.54, 1.807) is 15.8 Å². The molecule has 0 aliphatic rings. The molecule has 6 heteroatoms. The van der Waals surface area contributed by atoms with E-state index in [0.717, 1.165) is 17.7 Å². The number of carbonyl (C=O) groups excluding carboxylic acids is 1. The van der Waals surface area contributed by atoms with Gasteiger partial charge in [0.25, 0.3) is 0 Å². The van der Waals surface area contributed by atoms with Crippen molar-refractivity contribution in [2.45, 2.75) is 32.7 Å². The second kappa shape index (κ2) is 9.45. The van der Waals surface area contributed by atoms with Crippen LogP contribution >= 0.6 is 12.4 Å². The normalized spacial score (nSPS) is 11.9. The minimum absolute atomic E-state index is 0. The van der Waals surface area contributed by atoms with Crippen molar-refractivity contribution in [3.05, 3.63) is 48.3 Å². The first-order chi connectivity index (χ1) is 11.0. The van der Waals surface area contributed by atoms with Crippen LogP contribution in [0.25, 0.3) is 5.69 Å². The average molecular weight is 351 g/mol. The molecule has 132 valence electrons. The Hall–Kier alpha value is -1.85. The van der Waals surface area contributed by atoms with Crippen LogP contribution in [-0.4, -0.2) is 40.2 Å². The lowest BCUT2D eigenvalue weighted by Gasteiger charge is -2.21. The van der Waals surface area contributed by atoms with Crippen molar-refractivity contribution in [1.29, 1.82) is 0 Å². The maximum absolute atomic E-state index is 12.3. The van der Waals surface area contributed by atoms with Gasteiger partial charge in [0.1, 0.15) is 0 Å². The number of likely N-dealkylation sites (N-methyl/N-ethyl adjacent to an activating group) is 1. The molecular weight excluding hydrogens is 324 g/mol. The number of hydrogen-bond acceptors (Lipinski definition) is 3. The van der Waals surface area contributed by atoms with Gasteiger partial charge in [-0.3, -0.25) is 4.79 Å². The molecule has 1 unspecified atom stereocenters. The van der Waals surface area contributed by atoms with Gasteiger partial charge in [-0.1, -0.05) is 26.0 Å². The van der Waals surface area contributed by atoms with E-state index in [0.29, 0.717) is 18.9 Å². The number of amides is 1. The number of aromatic nitrogens is 2. The summed E-state index contributed by atoms with van der Waals surface area (Å²) in [6.07, 6.45) is 4.88. The van der Waals surface area contributed by atoms with Crippen molar-refractivity contribution in [2.75, 3.05) is 13.6 Å². The predicted molar refractivity (Wildman–Crippen MR) is 99.6 cm³/mol. The fourth-order valence-corrected chi connectivity index (χ4v) is 2.30. The minimum Gasteiger partial charge on any atom is -0.345 e. The van der Waals surface area contributed by atoms with E-state index in [2.05, 4.69) is 18.9 Å². The summed E-state index contributed by atoms with van der Waals surface area (Å²) < 4.78 is 1.80. The molecule has 0 bridgehead atoms. The van der Waals surface area contributed by atoms with Crippen LogP contribution in [0.1, 0.15) is 25.8 Å². The van der Waals surface area contributed by atoms with Crippen molar-refractivity contribution in [3.63, 3.8) is 0 Å². The second-order valence-electron chi connectivity index (χ2n) is 6.31. The molecule has 0 fully saturated rings. The van der Waals surface area contributed by atoms with Gasteiger partial charge in [0.05, 0.1) is 12.1 Å². The summed E-state index contributed by atoms with van der Waals surface area (Å²) in [5.41, 5.74) is 8.03. The molecule has 1 aromatic carbocycles. The molecule has 2 N–H and O–H groups in total. The highest BCUT2D eigenvalue weighted by atomic mass is 35.5. The molecule has 0 aliphatic heterocycles. The maximum Gasteiger partial charge on any atom is 0.226 e. The predicted octanol–water partition coefficient (Wildman–Crippen LogP) is 2.67. The molecule has 1 heterocycles. The number of benzene rings is 1. The van der Waals surface area contributed by atoms with Crippen LogP contribution in [0.2, 0.25) is 0 Å². The van der Waals surface area contributed by atoms with Crippen molar-refractivity contribution in [2.24, 2.45) is 11.7 Å². The smallest absolute Gasteiger partial charge is 0.226 e. The summed E-state index contributed by atoms with van der Waals surface area (Å²) in [5.74, 6) is 0.557. The molecule has 1 amide bonds. The third-order valence-electron chi connectivity index (χ3n) is 4.14.